The lowest BCUT2D eigenvalue weighted by atomic mass is 10.1. The van der Waals surface area contributed by atoms with Crippen LogP contribution in [0, 0.1) is 0 Å². The van der Waals surface area contributed by atoms with Gasteiger partial charge in [-0.2, -0.15) is 28.5 Å². The summed E-state index contributed by atoms with van der Waals surface area (Å²) in [5.74, 6) is -1.31. The number of rotatable bonds is 14. The molecule has 28 heteroatoms. The summed E-state index contributed by atoms with van der Waals surface area (Å²) in [6.45, 7) is -1.44. The van der Waals surface area contributed by atoms with Gasteiger partial charge in [0.2, 0.25) is 11.1 Å². The fourth-order valence-electron chi connectivity index (χ4n) is 8.44. The predicted molar refractivity (Wildman–Crippen MR) is 321 cm³/mol. The Bertz CT molecular complexity index is 4570. The number of pyridine rings is 8. The van der Waals surface area contributed by atoms with Gasteiger partial charge in [-0.25, -0.2) is 15.0 Å². The van der Waals surface area contributed by atoms with E-state index in [2.05, 4.69) is 81.1 Å². The molecule has 0 aliphatic carbocycles. The molecule has 89 heavy (non-hydrogen) atoms. The van der Waals surface area contributed by atoms with Crippen molar-refractivity contribution in [1.29, 1.82) is 0 Å². The number of nitrogens with zero attached hydrogens (tertiary/aromatic N) is 14. The van der Waals surface area contributed by atoms with Crippen LogP contribution in [0.1, 0.15) is 31.5 Å². The number of hydrogen-bond acceptors (Lipinski definition) is 17. The van der Waals surface area contributed by atoms with Gasteiger partial charge in [-0.05, 0) is 78.9 Å². The number of halogens is 3. The number of ether oxygens (including phenoxy) is 1. The minimum Gasteiger partial charge on any atom is -0.482 e. The van der Waals surface area contributed by atoms with Crippen molar-refractivity contribution in [2.75, 3.05) is 22.6 Å². The van der Waals surface area contributed by atoms with Crippen molar-refractivity contribution in [3.8, 4) is 73.7 Å². The molecule has 12 aromatic heterocycles. The molecule has 0 saturated heterocycles. The highest BCUT2D eigenvalue weighted by Gasteiger charge is 2.29. The van der Waals surface area contributed by atoms with Crippen molar-refractivity contribution in [3.63, 3.8) is 0 Å². The number of aryl methyl sites for hydroxylation is 3. The standard InChI is InChI=1S/C21H16F3N7O2.2C20H16N6O2/c1-31-11-18(19(30-31)17-10-25-5-6-27-17)29-20(32)16-4-2-3-15(28-16)13-7-14(9-26-8-13)33-12-21(22,23)24;1-26-12-17(19(25-26)15-5-2-3-10-21-15)24-20(28)16-7-4-6-14(23-16)13-8-9-18(27)22-11-13;1-26-12-17(19(25-26)15-5-2-3-9-21-15)24-20(28)16-7-4-6-14(23-16)13-8-10-22-18(27)11-13/h2-11H,12H2,1H3,(H,29,32);2*2-12H,1H3,(H,22,27)(H,24,28). The lowest BCUT2D eigenvalue weighted by Crippen LogP contribution is -2.19. The maximum Gasteiger partial charge on any atom is 0.422 e. The third kappa shape index (κ3) is 15.6. The Labute approximate surface area is 501 Å². The summed E-state index contributed by atoms with van der Waals surface area (Å²) in [4.78, 5) is 100. The van der Waals surface area contributed by atoms with Gasteiger partial charge in [0.05, 0.1) is 57.9 Å². The van der Waals surface area contributed by atoms with E-state index >= 15 is 0 Å². The Kier molecular flexibility index (Phi) is 18.1. The van der Waals surface area contributed by atoms with Crippen LogP contribution in [-0.2, 0) is 21.1 Å². The van der Waals surface area contributed by atoms with Crippen LogP contribution in [-0.4, -0.2) is 110 Å². The van der Waals surface area contributed by atoms with Gasteiger partial charge >= 0.3 is 6.18 Å². The summed E-state index contributed by atoms with van der Waals surface area (Å²) < 4.78 is 46.7. The molecule has 0 aliphatic rings. The molecule has 3 amide bonds. The first-order valence-corrected chi connectivity index (χ1v) is 26.6. The molecule has 25 nitrogen and oxygen atoms in total. The molecule has 0 bridgehead atoms. The van der Waals surface area contributed by atoms with E-state index in [1.54, 1.807) is 135 Å². The van der Waals surface area contributed by atoms with E-state index in [0.717, 1.165) is 0 Å². The summed E-state index contributed by atoms with van der Waals surface area (Å²) >= 11 is 0. The zero-order valence-electron chi connectivity index (χ0n) is 47.0. The number of anilines is 3. The van der Waals surface area contributed by atoms with Crippen LogP contribution >= 0.6 is 0 Å². The predicted octanol–water partition coefficient (Wildman–Crippen LogP) is 8.50. The van der Waals surface area contributed by atoms with E-state index in [0.29, 0.717) is 85.0 Å². The minimum absolute atomic E-state index is 0.0644. The number of carbonyl (C=O) groups excluding carboxylic acids is 3. The molecule has 5 N–H and O–H groups in total. The molecule has 0 saturated carbocycles. The molecule has 444 valence electrons. The van der Waals surface area contributed by atoms with Gasteiger partial charge in [-0.1, -0.05) is 30.3 Å². The first-order chi connectivity index (χ1) is 43.0. The van der Waals surface area contributed by atoms with Gasteiger partial charge in [-0.3, -0.25) is 62.9 Å². The molecule has 0 aliphatic heterocycles. The van der Waals surface area contributed by atoms with Crippen molar-refractivity contribution >= 4 is 34.8 Å². The first kappa shape index (κ1) is 59.7. The maximum absolute atomic E-state index is 12.9. The number of H-pyrrole nitrogens is 2. The number of aromatic amines is 2. The van der Waals surface area contributed by atoms with Crippen LogP contribution in [0.4, 0.5) is 30.2 Å². The number of aromatic nitrogens is 16. The first-order valence-electron chi connectivity index (χ1n) is 26.6. The lowest BCUT2D eigenvalue weighted by Gasteiger charge is -2.10. The average Bonchev–Trinajstić information content (AvgIpc) is 2.12. The quantitative estimate of drug-likeness (QED) is 0.0681. The SMILES string of the molecule is Cn1cc(NC(=O)c2cccc(-c3cc[nH]c(=O)c3)n2)c(-c2ccccn2)n1.Cn1cc(NC(=O)c2cccc(-c3ccc(=O)[nH]c3)n2)c(-c2ccccn2)n1.Cn1cc(NC(=O)c2cccc(-c3cncc(OCC(F)(F)F)c3)n2)c(-c2cnccn2)n1. The number of amides is 3. The van der Waals surface area contributed by atoms with E-state index in [1.807, 2.05) is 36.4 Å². The highest BCUT2D eigenvalue weighted by molar-refractivity contribution is 6.06. The van der Waals surface area contributed by atoms with E-state index in [1.165, 1.54) is 59.9 Å². The van der Waals surface area contributed by atoms with Crippen molar-refractivity contribution in [2.45, 2.75) is 6.18 Å². The summed E-state index contributed by atoms with van der Waals surface area (Å²) in [5, 5.41) is 21.5. The van der Waals surface area contributed by atoms with Crippen LogP contribution in [0.25, 0.3) is 67.9 Å². The molecular weight excluding hydrogens is 1150 g/mol. The molecule has 0 unspecified atom stereocenters. The van der Waals surface area contributed by atoms with Gasteiger partial charge in [0.1, 0.15) is 45.6 Å². The van der Waals surface area contributed by atoms with Crippen molar-refractivity contribution in [2.24, 2.45) is 21.1 Å². The zero-order chi connectivity index (χ0) is 62.4. The van der Waals surface area contributed by atoms with Crippen molar-refractivity contribution in [1.82, 2.24) is 79.2 Å². The molecule has 0 atom stereocenters. The lowest BCUT2D eigenvalue weighted by molar-refractivity contribution is -0.153. The Morgan fingerprint density at radius 1 is 0.483 bits per heavy atom. The molecular formula is C61H48F3N19O6. The summed E-state index contributed by atoms with van der Waals surface area (Å²) in [5.41, 5.74) is 8.22. The third-order valence-corrected chi connectivity index (χ3v) is 12.4. The second-order valence-electron chi connectivity index (χ2n) is 19.0. The number of nitrogens with one attached hydrogen (secondary N) is 5. The van der Waals surface area contributed by atoms with E-state index in [4.69, 9.17) is 4.74 Å². The topological polar surface area (TPSA) is 319 Å². The molecule has 0 aromatic carbocycles. The average molecular weight is 1200 g/mol. The normalized spacial score (nSPS) is 10.9. The van der Waals surface area contributed by atoms with Gasteiger partial charge in [-0.15, -0.1) is 0 Å². The van der Waals surface area contributed by atoms with Crippen molar-refractivity contribution < 1.29 is 32.3 Å². The van der Waals surface area contributed by atoms with Crippen LogP contribution in [0.2, 0.25) is 0 Å². The Morgan fingerprint density at radius 2 is 0.978 bits per heavy atom. The molecule has 12 aromatic rings. The fraction of sp³-hybridized carbons (Fsp3) is 0.0820. The second-order valence-corrected chi connectivity index (χ2v) is 19.0. The molecule has 0 spiro atoms. The number of alkyl halides is 3. The second kappa shape index (κ2) is 27.0. The molecule has 0 fully saturated rings. The Balaban J connectivity index is 0.000000148. The van der Waals surface area contributed by atoms with Crippen LogP contribution < -0.4 is 31.8 Å². The molecule has 12 rings (SSSR count). The number of hydrogen-bond donors (Lipinski definition) is 5. The van der Waals surface area contributed by atoms with E-state index in [9.17, 15) is 37.1 Å². The third-order valence-electron chi connectivity index (χ3n) is 12.4. The monoisotopic (exact) mass is 1200 g/mol. The van der Waals surface area contributed by atoms with E-state index < -0.39 is 18.7 Å². The zero-order valence-corrected chi connectivity index (χ0v) is 47.0. The Hall–Kier alpha value is -12.5. The smallest absolute Gasteiger partial charge is 0.422 e. The van der Waals surface area contributed by atoms with Crippen LogP contribution in [0.5, 0.6) is 5.75 Å². The van der Waals surface area contributed by atoms with Crippen molar-refractivity contribution in [3.05, 3.63) is 233 Å². The van der Waals surface area contributed by atoms with Crippen LogP contribution in [0.15, 0.2) is 205 Å². The van der Waals surface area contributed by atoms with Gasteiger partial charge in [0.25, 0.3) is 17.7 Å². The van der Waals surface area contributed by atoms with Crippen LogP contribution in [0.3, 0.4) is 0 Å². The Morgan fingerprint density at radius 3 is 1.44 bits per heavy atom. The minimum atomic E-state index is -4.47. The number of carbonyl (C=O) groups is 3. The summed E-state index contributed by atoms with van der Waals surface area (Å²) in [7, 11) is 5.25. The highest BCUT2D eigenvalue weighted by atomic mass is 19.4. The maximum atomic E-state index is 12.9. The summed E-state index contributed by atoms with van der Waals surface area (Å²) in [6.07, 6.45) is 14.2. The van der Waals surface area contributed by atoms with Gasteiger partial charge in [0.15, 0.2) is 6.61 Å². The van der Waals surface area contributed by atoms with Gasteiger partial charge < -0.3 is 30.7 Å². The largest absolute Gasteiger partial charge is 0.482 e. The van der Waals surface area contributed by atoms with E-state index in [-0.39, 0.29) is 45.8 Å². The summed E-state index contributed by atoms with van der Waals surface area (Å²) in [6, 6.07) is 33.5. The highest BCUT2D eigenvalue weighted by Crippen LogP contribution is 2.29. The molecule has 12 heterocycles. The fourth-order valence-corrected chi connectivity index (χ4v) is 8.44. The van der Waals surface area contributed by atoms with Gasteiger partial charge in [0, 0.05) is 112 Å². The molecule has 0 radical (unpaired) electrons.